The van der Waals surface area contributed by atoms with Crippen LogP contribution in [0.25, 0.3) is 0 Å². The third-order valence-corrected chi connectivity index (χ3v) is 3.87. The highest BCUT2D eigenvalue weighted by Gasteiger charge is 2.25. The van der Waals surface area contributed by atoms with E-state index >= 15 is 0 Å². The van der Waals surface area contributed by atoms with Crippen molar-refractivity contribution in [1.82, 2.24) is 4.90 Å². The summed E-state index contributed by atoms with van der Waals surface area (Å²) in [6.45, 7) is 0. The molecule has 1 aromatic rings. The summed E-state index contributed by atoms with van der Waals surface area (Å²) >= 11 is 0. The monoisotopic (exact) mass is 276 g/mol. The first kappa shape index (κ1) is 14.2. The van der Waals surface area contributed by atoms with Gasteiger partial charge in [-0.25, -0.2) is 17.2 Å². The normalized spacial score (nSPS) is 11.1. The molecule has 0 saturated carbocycles. The number of amidine groups is 1. The zero-order valence-corrected chi connectivity index (χ0v) is 10.4. The third-order valence-electron chi connectivity index (χ3n) is 2.14. The van der Waals surface area contributed by atoms with E-state index in [1.807, 2.05) is 0 Å². The molecular formula is C10H10F2N2O3S. The number of rotatable bonds is 2. The van der Waals surface area contributed by atoms with Crippen molar-refractivity contribution in [3.05, 3.63) is 29.3 Å². The molecule has 0 unspecified atom stereocenters. The molecule has 0 aliphatic rings. The molecule has 1 N–H and O–H groups in total. The molecule has 0 radical (unpaired) electrons. The van der Waals surface area contributed by atoms with Crippen LogP contribution in [-0.4, -0.2) is 38.9 Å². The van der Waals surface area contributed by atoms with Crippen molar-refractivity contribution in [3.63, 3.8) is 0 Å². The summed E-state index contributed by atoms with van der Waals surface area (Å²) < 4.78 is 50.2. The van der Waals surface area contributed by atoms with Crippen LogP contribution in [0, 0.1) is 17.0 Å². The lowest BCUT2D eigenvalue weighted by Crippen LogP contribution is -2.29. The van der Waals surface area contributed by atoms with Crippen molar-refractivity contribution in [2.24, 2.45) is 0 Å². The molecule has 0 amide bonds. The molecule has 5 nitrogen and oxygen atoms in total. The number of hydrogen-bond donors (Lipinski definition) is 1. The lowest BCUT2D eigenvalue weighted by atomic mass is 10.2. The summed E-state index contributed by atoms with van der Waals surface area (Å²) in [5, 5.41) is 6.54. The Hall–Kier alpha value is -1.83. The molecule has 0 aromatic heterocycles. The fourth-order valence-corrected chi connectivity index (χ4v) is 2.40. The number of nitrogens with one attached hydrogen (secondary N) is 1. The maximum atomic E-state index is 13.3. The lowest BCUT2D eigenvalue weighted by Gasteiger charge is -2.14. The number of aldehydes is 1. The summed E-state index contributed by atoms with van der Waals surface area (Å²) in [6.07, 6.45) is -0.0433. The number of nitrogens with zero attached hydrogens (tertiary/aromatic N) is 1. The molecule has 0 heterocycles. The first-order valence-corrected chi connectivity index (χ1v) is 6.15. The van der Waals surface area contributed by atoms with Gasteiger partial charge < -0.3 is 4.90 Å². The first-order chi connectivity index (χ1) is 8.21. The van der Waals surface area contributed by atoms with Crippen molar-refractivity contribution in [1.29, 1.82) is 5.41 Å². The van der Waals surface area contributed by atoms with Crippen LogP contribution < -0.4 is 0 Å². The molecule has 0 aliphatic heterocycles. The van der Waals surface area contributed by atoms with Gasteiger partial charge in [-0.3, -0.25) is 10.2 Å². The Labute approximate surface area is 102 Å². The van der Waals surface area contributed by atoms with Crippen LogP contribution in [0.5, 0.6) is 0 Å². The minimum absolute atomic E-state index is 0.0433. The van der Waals surface area contributed by atoms with Gasteiger partial charge >= 0.3 is 0 Å². The molecule has 1 rings (SSSR count). The standard InChI is InChI=1S/C10H10F2N2O3S/c1-14(2)10(13)18(16,17)6-3-8(11)7(5-15)9(12)4-6/h3-5,13H,1-2H3. The number of carbonyl (C=O) groups excluding carboxylic acids is 1. The van der Waals surface area contributed by atoms with Crippen LogP contribution >= 0.6 is 0 Å². The predicted octanol–water partition coefficient (Wildman–Crippen LogP) is 1.05. The van der Waals surface area contributed by atoms with Gasteiger partial charge in [0.05, 0.1) is 10.5 Å². The van der Waals surface area contributed by atoms with Gasteiger partial charge in [0, 0.05) is 14.1 Å². The summed E-state index contributed by atoms with van der Waals surface area (Å²) in [5.41, 5.74) is -0.842. The first-order valence-electron chi connectivity index (χ1n) is 4.67. The Kier molecular flexibility index (Phi) is 3.80. The maximum Gasteiger partial charge on any atom is 0.239 e. The van der Waals surface area contributed by atoms with E-state index in [2.05, 4.69) is 0 Å². The van der Waals surface area contributed by atoms with E-state index in [1.54, 1.807) is 0 Å². The summed E-state index contributed by atoms with van der Waals surface area (Å²) in [6, 6.07) is 1.03. The van der Waals surface area contributed by atoms with Crippen LogP contribution in [0.3, 0.4) is 0 Å². The summed E-state index contributed by atoms with van der Waals surface area (Å²) in [5.74, 6) is -2.56. The Bertz CT molecular complexity index is 589. The summed E-state index contributed by atoms with van der Waals surface area (Å²) in [4.78, 5) is 10.6. The van der Waals surface area contributed by atoms with E-state index in [0.717, 1.165) is 4.90 Å². The Balaban J connectivity index is 3.45. The highest BCUT2D eigenvalue weighted by molar-refractivity contribution is 8.06. The van der Waals surface area contributed by atoms with Gasteiger partial charge in [-0.15, -0.1) is 0 Å². The van der Waals surface area contributed by atoms with Crippen molar-refractivity contribution in [2.45, 2.75) is 4.90 Å². The smallest absolute Gasteiger partial charge is 0.239 e. The zero-order valence-electron chi connectivity index (χ0n) is 9.57. The largest absolute Gasteiger partial charge is 0.353 e. The van der Waals surface area contributed by atoms with Crippen molar-refractivity contribution in [3.8, 4) is 0 Å². The average molecular weight is 276 g/mol. The van der Waals surface area contributed by atoms with Crippen LogP contribution in [0.1, 0.15) is 10.4 Å². The zero-order chi connectivity index (χ0) is 14.1. The Morgan fingerprint density at radius 2 is 1.72 bits per heavy atom. The molecule has 0 saturated heterocycles. The fourth-order valence-electron chi connectivity index (χ4n) is 1.18. The lowest BCUT2D eigenvalue weighted by molar-refractivity contribution is 0.111. The van der Waals surface area contributed by atoms with Gasteiger partial charge in [0.2, 0.25) is 15.0 Å². The molecule has 1 aromatic carbocycles. The molecule has 8 heteroatoms. The SMILES string of the molecule is CN(C)C(=N)S(=O)(=O)c1cc(F)c(C=O)c(F)c1. The van der Waals surface area contributed by atoms with Crippen LogP contribution in [0.15, 0.2) is 17.0 Å². The van der Waals surface area contributed by atoms with Gasteiger partial charge in [-0.05, 0) is 12.1 Å². The van der Waals surface area contributed by atoms with Gasteiger partial charge in [0.15, 0.2) is 6.29 Å². The van der Waals surface area contributed by atoms with Gasteiger partial charge in [-0.2, -0.15) is 0 Å². The Morgan fingerprint density at radius 1 is 1.28 bits per heavy atom. The fraction of sp³-hybridized carbons (Fsp3) is 0.200. The van der Waals surface area contributed by atoms with Crippen molar-refractivity contribution < 1.29 is 22.0 Å². The molecule has 0 bridgehead atoms. The average Bonchev–Trinajstić information content (AvgIpc) is 2.27. The van der Waals surface area contributed by atoms with Gasteiger partial charge in [0.25, 0.3) is 0 Å². The van der Waals surface area contributed by atoms with E-state index in [4.69, 9.17) is 5.41 Å². The highest BCUT2D eigenvalue weighted by atomic mass is 32.2. The number of carbonyl (C=O) groups is 1. The number of hydrogen-bond acceptors (Lipinski definition) is 4. The predicted molar refractivity (Wildman–Crippen MR) is 60.3 cm³/mol. The molecule has 0 atom stereocenters. The molecule has 18 heavy (non-hydrogen) atoms. The molecule has 98 valence electrons. The van der Waals surface area contributed by atoms with Gasteiger partial charge in [0.1, 0.15) is 11.6 Å². The van der Waals surface area contributed by atoms with Crippen LogP contribution in [0.4, 0.5) is 8.78 Å². The van der Waals surface area contributed by atoms with Crippen molar-refractivity contribution >= 4 is 21.3 Å². The van der Waals surface area contributed by atoms with E-state index in [-0.39, 0.29) is 6.29 Å². The third kappa shape index (κ3) is 2.37. The van der Waals surface area contributed by atoms with Gasteiger partial charge in [-0.1, -0.05) is 0 Å². The molecule has 0 spiro atoms. The quantitative estimate of drug-likeness (QED) is 0.497. The van der Waals surface area contributed by atoms with Crippen LogP contribution in [0.2, 0.25) is 0 Å². The van der Waals surface area contributed by atoms with Crippen LogP contribution in [-0.2, 0) is 9.84 Å². The van der Waals surface area contributed by atoms with Crippen molar-refractivity contribution in [2.75, 3.05) is 14.1 Å². The number of halogens is 2. The number of sulfone groups is 1. The minimum atomic E-state index is -4.29. The second kappa shape index (κ2) is 4.81. The van der Waals surface area contributed by atoms with E-state index in [0.29, 0.717) is 12.1 Å². The maximum absolute atomic E-state index is 13.3. The van der Waals surface area contributed by atoms with E-state index < -0.39 is 37.1 Å². The topological polar surface area (TPSA) is 78.3 Å². The second-order valence-electron chi connectivity index (χ2n) is 3.62. The highest BCUT2D eigenvalue weighted by Crippen LogP contribution is 2.19. The molecule has 0 aliphatic carbocycles. The Morgan fingerprint density at radius 3 is 2.06 bits per heavy atom. The molecule has 0 fully saturated rings. The van der Waals surface area contributed by atoms with E-state index in [9.17, 15) is 22.0 Å². The van der Waals surface area contributed by atoms with E-state index in [1.165, 1.54) is 14.1 Å². The molecular weight excluding hydrogens is 266 g/mol. The number of benzene rings is 1. The summed E-state index contributed by atoms with van der Waals surface area (Å²) in [7, 11) is -1.67. The second-order valence-corrected chi connectivity index (χ2v) is 5.49. The minimum Gasteiger partial charge on any atom is -0.353 e.